The molecule has 1 saturated heterocycles. The van der Waals surface area contributed by atoms with Gasteiger partial charge in [0.2, 0.25) is 27.7 Å². The molecule has 1 aromatic heterocycles. The van der Waals surface area contributed by atoms with Gasteiger partial charge < -0.3 is 23.8 Å². The van der Waals surface area contributed by atoms with Gasteiger partial charge in [0.1, 0.15) is 30.7 Å². The number of sulfonamides is 1. The molecule has 2 aromatic rings. The van der Waals surface area contributed by atoms with Crippen LogP contribution in [-0.4, -0.2) is 96.7 Å². The number of amides is 2. The van der Waals surface area contributed by atoms with Gasteiger partial charge in [-0.3, -0.25) is 23.9 Å². The summed E-state index contributed by atoms with van der Waals surface area (Å²) in [6.45, 7) is 6.11. The molecule has 328 valence electrons. The molecule has 60 heavy (non-hydrogen) atoms. The fourth-order valence-corrected chi connectivity index (χ4v) is 10.3. The summed E-state index contributed by atoms with van der Waals surface area (Å²) in [5.41, 5.74) is -3.65. The second-order valence-electron chi connectivity index (χ2n) is 18.2. The number of fused-ring (bicyclic) bond motifs is 5. The van der Waals surface area contributed by atoms with Crippen LogP contribution in [0.3, 0.4) is 0 Å². The van der Waals surface area contributed by atoms with Crippen molar-refractivity contribution in [2.24, 2.45) is 29.1 Å². The predicted octanol–water partition coefficient (Wildman–Crippen LogP) is 6.26. The number of aromatic nitrogens is 1. The normalized spacial score (nSPS) is 30.0. The van der Waals surface area contributed by atoms with Crippen LogP contribution in [0.4, 0.5) is 13.2 Å². The van der Waals surface area contributed by atoms with Gasteiger partial charge in [-0.15, -0.1) is 0 Å². The van der Waals surface area contributed by atoms with Gasteiger partial charge in [-0.1, -0.05) is 26.0 Å². The van der Waals surface area contributed by atoms with Gasteiger partial charge >= 0.3 is 5.97 Å². The Bertz CT molecular complexity index is 2170. The number of halogens is 3. The number of Topliss-reactive ketones (excluding diaryl/α,β-unsaturated/α-hetero) is 1. The monoisotopic (exact) mass is 861 g/mol. The second kappa shape index (κ2) is 16.1. The van der Waals surface area contributed by atoms with E-state index >= 15 is 0 Å². The molecule has 13 nitrogen and oxygen atoms in total. The molecule has 0 unspecified atom stereocenters. The maximum absolute atomic E-state index is 14.9. The molecule has 17 heteroatoms. The Hall–Kier alpha value is -4.41. The maximum atomic E-state index is 14.9. The van der Waals surface area contributed by atoms with E-state index in [-0.39, 0.29) is 44.0 Å². The zero-order valence-corrected chi connectivity index (χ0v) is 35.5. The number of rotatable bonds is 10. The van der Waals surface area contributed by atoms with E-state index in [1.54, 1.807) is 18.2 Å². The topological polar surface area (TPSA) is 168 Å². The SMILES string of the molecule is C[C@@H]1CC/C=C\[C@@H]2C[C@@]2(C(=O)NS(=O)(=O)C2(CF)CC2)CC(=O)[C@@H]2C[C@@H](Oc3nccc4c5c(ccc34)OCCO5)CN2C(=O)[C@@H](CC(=O)OC(C)(C)C(C)(F)F)[C@H](C)C1. The van der Waals surface area contributed by atoms with Crippen molar-refractivity contribution in [1.82, 2.24) is 14.6 Å². The van der Waals surface area contributed by atoms with Crippen LogP contribution in [0, 0.1) is 29.1 Å². The van der Waals surface area contributed by atoms with E-state index in [9.17, 15) is 40.8 Å². The summed E-state index contributed by atoms with van der Waals surface area (Å²) in [6, 6.07) is 4.09. The van der Waals surface area contributed by atoms with Crippen molar-refractivity contribution in [2.45, 2.75) is 121 Å². The van der Waals surface area contributed by atoms with Crippen LogP contribution in [0.15, 0.2) is 36.5 Å². The summed E-state index contributed by atoms with van der Waals surface area (Å²) in [5, 5.41) is 1.27. The first-order valence-corrected chi connectivity index (χ1v) is 22.3. The van der Waals surface area contributed by atoms with Crippen molar-refractivity contribution >= 4 is 44.4 Å². The third-order valence-corrected chi connectivity index (χ3v) is 15.4. The molecule has 2 amide bonds. The predicted molar refractivity (Wildman–Crippen MR) is 213 cm³/mol. The van der Waals surface area contributed by atoms with Crippen molar-refractivity contribution in [2.75, 3.05) is 26.4 Å². The lowest BCUT2D eigenvalue weighted by Gasteiger charge is -2.34. The number of nitrogens with one attached hydrogen (secondary N) is 1. The second-order valence-corrected chi connectivity index (χ2v) is 20.2. The van der Waals surface area contributed by atoms with Gasteiger partial charge in [-0.05, 0) is 88.3 Å². The number of ketones is 1. The first-order valence-electron chi connectivity index (χ1n) is 20.8. The lowest BCUT2D eigenvalue weighted by molar-refractivity contribution is -0.197. The van der Waals surface area contributed by atoms with Crippen molar-refractivity contribution < 1.29 is 59.7 Å². The summed E-state index contributed by atoms with van der Waals surface area (Å²) in [6.07, 6.45) is 5.48. The number of ether oxygens (including phenoxy) is 4. The Morgan fingerprint density at radius 1 is 1.05 bits per heavy atom. The number of allylic oxidation sites excluding steroid dienone is 2. The molecule has 2 aliphatic carbocycles. The quantitative estimate of drug-likeness (QED) is 0.212. The fourth-order valence-electron chi connectivity index (χ4n) is 8.82. The summed E-state index contributed by atoms with van der Waals surface area (Å²) < 4.78 is 93.2. The van der Waals surface area contributed by atoms with Crippen molar-refractivity contribution in [3.8, 4) is 17.4 Å². The molecule has 2 saturated carbocycles. The molecule has 1 aromatic carbocycles. The van der Waals surface area contributed by atoms with E-state index in [2.05, 4.69) is 9.71 Å². The average Bonchev–Trinajstić information content (AvgIpc) is 4.09. The molecule has 0 spiro atoms. The van der Waals surface area contributed by atoms with E-state index in [1.165, 1.54) is 11.1 Å². The number of hydrogen-bond acceptors (Lipinski definition) is 11. The number of nitrogens with zero attached hydrogens (tertiary/aromatic N) is 2. The van der Waals surface area contributed by atoms with Gasteiger partial charge in [0, 0.05) is 36.7 Å². The van der Waals surface area contributed by atoms with E-state index in [0.717, 1.165) is 13.8 Å². The van der Waals surface area contributed by atoms with E-state index in [1.807, 2.05) is 26.0 Å². The van der Waals surface area contributed by atoms with Crippen LogP contribution in [0.2, 0.25) is 0 Å². The minimum atomic E-state index is -4.40. The third kappa shape index (κ3) is 8.43. The smallest absolute Gasteiger partial charge is 0.307 e. The largest absolute Gasteiger partial charge is 0.486 e. The highest BCUT2D eigenvalue weighted by Crippen LogP contribution is 2.58. The minimum absolute atomic E-state index is 0.0360. The fraction of sp³-hybridized carbons (Fsp3) is 0.651. The number of pyridine rings is 1. The van der Waals surface area contributed by atoms with Crippen LogP contribution in [0.5, 0.6) is 17.4 Å². The average molecular weight is 862 g/mol. The zero-order chi connectivity index (χ0) is 43.4. The Kier molecular flexibility index (Phi) is 11.7. The van der Waals surface area contributed by atoms with E-state index < -0.39 is 105 Å². The number of benzene rings is 1. The Balaban J connectivity index is 1.23. The van der Waals surface area contributed by atoms with Crippen molar-refractivity contribution in [3.05, 3.63) is 36.5 Å². The Morgan fingerprint density at radius 2 is 1.78 bits per heavy atom. The molecule has 7 atom stereocenters. The lowest BCUT2D eigenvalue weighted by atomic mass is 9.82. The van der Waals surface area contributed by atoms with Gasteiger partial charge in [-0.2, -0.15) is 0 Å². The minimum Gasteiger partial charge on any atom is -0.486 e. The number of esters is 1. The summed E-state index contributed by atoms with van der Waals surface area (Å²) in [4.78, 5) is 62.9. The van der Waals surface area contributed by atoms with Crippen LogP contribution in [0.25, 0.3) is 10.8 Å². The first kappa shape index (κ1) is 43.7. The molecule has 0 bridgehead atoms. The molecule has 3 fully saturated rings. The van der Waals surface area contributed by atoms with Crippen molar-refractivity contribution in [3.63, 3.8) is 0 Å². The van der Waals surface area contributed by atoms with Gasteiger partial charge in [0.25, 0.3) is 5.92 Å². The van der Waals surface area contributed by atoms with Gasteiger partial charge in [-0.25, -0.2) is 26.6 Å². The molecule has 3 aliphatic heterocycles. The number of carbonyl (C=O) groups is 4. The number of hydrogen-bond donors (Lipinski definition) is 1. The highest BCUT2D eigenvalue weighted by atomic mass is 32.2. The summed E-state index contributed by atoms with van der Waals surface area (Å²) in [5.74, 6) is -7.09. The number of alkyl halides is 3. The highest BCUT2D eigenvalue weighted by molar-refractivity contribution is 7.91. The molecule has 7 rings (SSSR count). The molecule has 5 aliphatic rings. The standard InChI is InChI=1S/C43H54F3N3O10S/c1-25-8-6-7-9-27-21-43(27,39(53)48-60(54,55)42(24-44)13-14-42)22-33(50)32-19-28(58-37-30-10-11-34-36(57-17-16-56-34)29(30)12-15-47-37)23-49(32)38(52)31(26(2)18-25)20-35(51)59-40(3,4)41(5,45)46/h7,9-12,15,25-28,31-32H,6,8,13-14,16-24H2,1-5H3,(H,48,53)/b9-7-/t25-,26-,27-,28-,31+,32+,43-/m1/s1. The highest BCUT2D eigenvalue weighted by Gasteiger charge is 2.63. The third-order valence-electron chi connectivity index (χ3n) is 13.3. The first-order chi connectivity index (χ1) is 28.2. The van der Waals surface area contributed by atoms with Gasteiger partial charge in [0.05, 0.1) is 30.3 Å². The lowest BCUT2D eigenvalue weighted by Crippen LogP contribution is -2.49. The zero-order valence-electron chi connectivity index (χ0n) is 34.6. The van der Waals surface area contributed by atoms with Crippen LogP contribution < -0.4 is 18.9 Å². The van der Waals surface area contributed by atoms with Crippen LogP contribution >= 0.6 is 0 Å². The van der Waals surface area contributed by atoms with Crippen LogP contribution in [0.1, 0.15) is 92.4 Å². The maximum Gasteiger partial charge on any atom is 0.307 e. The Morgan fingerprint density at radius 3 is 2.48 bits per heavy atom. The summed E-state index contributed by atoms with van der Waals surface area (Å²) in [7, 11) is -4.40. The van der Waals surface area contributed by atoms with E-state index in [4.69, 9.17) is 18.9 Å². The van der Waals surface area contributed by atoms with Crippen molar-refractivity contribution in [1.29, 1.82) is 0 Å². The summed E-state index contributed by atoms with van der Waals surface area (Å²) >= 11 is 0. The van der Waals surface area contributed by atoms with E-state index in [0.29, 0.717) is 61.7 Å². The molecular formula is C43H54F3N3O10S. The molecular weight excluding hydrogens is 808 g/mol. The van der Waals surface area contributed by atoms with Gasteiger partial charge in [0.15, 0.2) is 22.9 Å². The Labute approximate surface area is 348 Å². The van der Waals surface area contributed by atoms with Crippen LogP contribution in [-0.2, 0) is 33.9 Å². The molecule has 0 radical (unpaired) electrons. The molecule has 1 N–H and O–H groups in total. The number of carbonyl (C=O) groups excluding carboxylic acids is 4. The molecule has 4 heterocycles.